The fourth-order valence-electron chi connectivity index (χ4n) is 3.56. The van der Waals surface area contributed by atoms with Crippen molar-refractivity contribution in [1.82, 2.24) is 10.9 Å². The van der Waals surface area contributed by atoms with Crippen molar-refractivity contribution < 1.29 is 23.8 Å². The lowest BCUT2D eigenvalue weighted by atomic mass is 10.1. The van der Waals surface area contributed by atoms with Crippen molar-refractivity contribution >= 4 is 23.4 Å². The smallest absolute Gasteiger partial charge is 0.296 e. The van der Waals surface area contributed by atoms with Crippen molar-refractivity contribution in [2.75, 3.05) is 26.2 Å². The number of hydrogen-bond acceptors (Lipinski definition) is 2. The molecule has 1 fully saturated rings. The van der Waals surface area contributed by atoms with Gasteiger partial charge in [0, 0.05) is 16.1 Å². The summed E-state index contributed by atoms with van der Waals surface area (Å²) in [5.41, 5.74) is 6.36. The van der Waals surface area contributed by atoms with Gasteiger partial charge in [-0.1, -0.05) is 23.7 Å². The molecule has 1 aliphatic heterocycles. The summed E-state index contributed by atoms with van der Waals surface area (Å²) in [5.74, 6) is -1.13. The molecular weight excluding hydrogens is 395 g/mol. The molecule has 0 unspecified atom stereocenters. The third-order valence-corrected chi connectivity index (χ3v) is 5.59. The zero-order valence-electron chi connectivity index (χ0n) is 16.3. The van der Waals surface area contributed by atoms with Gasteiger partial charge in [0.25, 0.3) is 11.8 Å². The zero-order chi connectivity index (χ0) is 20.8. The molecule has 4 N–H and O–H groups in total. The summed E-state index contributed by atoms with van der Waals surface area (Å²) in [6.07, 6.45) is 0. The highest BCUT2D eigenvalue weighted by Gasteiger charge is 2.31. The predicted octanol–water partition coefficient (Wildman–Crippen LogP) is -0.388. The van der Waals surface area contributed by atoms with Crippen LogP contribution in [0.1, 0.15) is 22.8 Å². The maximum atomic E-state index is 12.9. The predicted molar refractivity (Wildman–Crippen MR) is 108 cm³/mol. The summed E-state index contributed by atoms with van der Waals surface area (Å²) in [6.45, 7) is 6.44. The third kappa shape index (κ3) is 6.00. The number of quaternary nitrogens is 2. The number of carbonyl (C=O) groups is 2. The molecule has 2 amide bonds. The van der Waals surface area contributed by atoms with E-state index in [0.29, 0.717) is 0 Å². The fraction of sp³-hybridized carbons (Fsp3) is 0.333. The molecule has 3 rings (SSSR count). The van der Waals surface area contributed by atoms with Gasteiger partial charge in [0.2, 0.25) is 0 Å². The van der Waals surface area contributed by atoms with Crippen LogP contribution in [-0.2, 0) is 11.3 Å². The van der Waals surface area contributed by atoms with Crippen LogP contribution in [0.5, 0.6) is 0 Å². The Balaban J connectivity index is 1.43. The molecular formula is C21H26ClFN4O2+2. The molecule has 0 radical (unpaired) electrons. The number of carbonyl (C=O) groups excluding carboxylic acids is 2. The van der Waals surface area contributed by atoms with Crippen LogP contribution in [0.4, 0.5) is 4.39 Å². The summed E-state index contributed by atoms with van der Waals surface area (Å²) < 4.78 is 12.9. The van der Waals surface area contributed by atoms with Gasteiger partial charge in [-0.15, -0.1) is 0 Å². The lowest BCUT2D eigenvalue weighted by Crippen LogP contribution is -3.29. The van der Waals surface area contributed by atoms with Gasteiger partial charge in [-0.25, -0.2) is 4.39 Å². The van der Waals surface area contributed by atoms with Crippen LogP contribution >= 0.6 is 11.6 Å². The van der Waals surface area contributed by atoms with Crippen molar-refractivity contribution in [2.45, 2.75) is 19.5 Å². The van der Waals surface area contributed by atoms with Crippen LogP contribution in [0, 0.1) is 5.82 Å². The minimum atomic E-state index is -0.476. The average Bonchev–Trinajstić information content (AvgIpc) is 2.72. The molecule has 154 valence electrons. The van der Waals surface area contributed by atoms with E-state index in [1.807, 2.05) is 25.1 Å². The molecule has 1 aliphatic rings. The summed E-state index contributed by atoms with van der Waals surface area (Å²) in [6, 6.07) is 12.8. The minimum absolute atomic E-state index is 0.242. The normalized spacial score (nSPS) is 20.0. The Bertz CT molecular complexity index is 854. The number of benzene rings is 2. The van der Waals surface area contributed by atoms with Gasteiger partial charge in [-0.2, -0.15) is 0 Å². The molecule has 6 nitrogen and oxygen atoms in total. The molecule has 0 bridgehead atoms. The summed E-state index contributed by atoms with van der Waals surface area (Å²) >= 11 is 6.06. The monoisotopic (exact) mass is 420 g/mol. The Morgan fingerprint density at radius 1 is 1.07 bits per heavy atom. The standard InChI is InChI=1S/C21H24ClFN4O2/c1-15(20(28)24-25-21(29)17-5-7-19(23)8-6-17)27-11-9-26(10-12-27)14-16-3-2-4-18(22)13-16/h2-8,13,15H,9-12,14H2,1H3,(H,24,28)(H,25,29)/p+2/t15-/m0/s1. The Kier molecular flexibility index (Phi) is 7.19. The van der Waals surface area contributed by atoms with Crippen molar-refractivity contribution in [3.8, 4) is 0 Å². The quantitative estimate of drug-likeness (QED) is 0.498. The molecule has 8 heteroatoms. The molecule has 2 aromatic carbocycles. The topological polar surface area (TPSA) is 67.1 Å². The third-order valence-electron chi connectivity index (χ3n) is 5.35. The Hall–Kier alpha value is -2.48. The first kappa shape index (κ1) is 21.2. The largest absolute Gasteiger partial charge is 0.322 e. The highest BCUT2D eigenvalue weighted by atomic mass is 35.5. The lowest BCUT2D eigenvalue weighted by molar-refractivity contribution is -1.02. The van der Waals surface area contributed by atoms with Gasteiger partial charge in [0.15, 0.2) is 6.04 Å². The first-order chi connectivity index (χ1) is 13.9. The summed E-state index contributed by atoms with van der Waals surface area (Å²) in [4.78, 5) is 27.1. The van der Waals surface area contributed by atoms with E-state index >= 15 is 0 Å². The van der Waals surface area contributed by atoms with Crippen molar-refractivity contribution in [1.29, 1.82) is 0 Å². The second-order valence-electron chi connectivity index (χ2n) is 7.39. The van der Waals surface area contributed by atoms with E-state index < -0.39 is 11.7 Å². The van der Waals surface area contributed by atoms with Crippen molar-refractivity contribution in [2.24, 2.45) is 0 Å². The van der Waals surface area contributed by atoms with Crippen LogP contribution in [0.2, 0.25) is 5.02 Å². The molecule has 0 aromatic heterocycles. The van der Waals surface area contributed by atoms with Gasteiger partial charge in [-0.3, -0.25) is 20.4 Å². The average molecular weight is 421 g/mol. The molecule has 0 saturated carbocycles. The molecule has 0 aliphatic carbocycles. The number of hydrogen-bond donors (Lipinski definition) is 4. The number of rotatable bonds is 5. The number of hydrazine groups is 1. The molecule has 29 heavy (non-hydrogen) atoms. The van der Waals surface area contributed by atoms with Gasteiger partial charge >= 0.3 is 0 Å². The Morgan fingerprint density at radius 3 is 2.41 bits per heavy atom. The van der Waals surface area contributed by atoms with E-state index in [0.717, 1.165) is 37.7 Å². The number of amides is 2. The van der Waals surface area contributed by atoms with Crippen molar-refractivity contribution in [3.05, 3.63) is 70.5 Å². The molecule has 1 heterocycles. The van der Waals surface area contributed by atoms with E-state index in [-0.39, 0.29) is 17.5 Å². The number of halogens is 2. The van der Waals surface area contributed by atoms with Gasteiger partial charge in [-0.05, 0) is 43.3 Å². The highest BCUT2D eigenvalue weighted by Crippen LogP contribution is 2.09. The van der Waals surface area contributed by atoms with E-state index in [1.165, 1.54) is 39.6 Å². The van der Waals surface area contributed by atoms with Gasteiger partial charge in [0.1, 0.15) is 38.5 Å². The first-order valence-corrected chi connectivity index (χ1v) is 10.1. The molecule has 1 saturated heterocycles. The van der Waals surface area contributed by atoms with E-state index in [2.05, 4.69) is 16.9 Å². The minimum Gasteiger partial charge on any atom is -0.322 e. The molecule has 0 spiro atoms. The van der Waals surface area contributed by atoms with Crippen LogP contribution in [-0.4, -0.2) is 44.0 Å². The van der Waals surface area contributed by atoms with Crippen LogP contribution in [0.25, 0.3) is 0 Å². The number of nitrogens with one attached hydrogen (secondary N) is 4. The molecule has 2 aromatic rings. The van der Waals surface area contributed by atoms with Crippen LogP contribution < -0.4 is 20.7 Å². The summed E-state index contributed by atoms with van der Waals surface area (Å²) in [5, 5.41) is 0.749. The summed E-state index contributed by atoms with van der Waals surface area (Å²) in [7, 11) is 0. The van der Waals surface area contributed by atoms with Gasteiger partial charge in [0.05, 0.1) is 0 Å². The van der Waals surface area contributed by atoms with Crippen molar-refractivity contribution in [3.63, 3.8) is 0 Å². The van der Waals surface area contributed by atoms with E-state index in [4.69, 9.17) is 11.6 Å². The van der Waals surface area contributed by atoms with E-state index in [9.17, 15) is 14.0 Å². The second kappa shape index (κ2) is 9.82. The highest BCUT2D eigenvalue weighted by molar-refractivity contribution is 6.30. The fourth-order valence-corrected chi connectivity index (χ4v) is 3.77. The van der Waals surface area contributed by atoms with Crippen LogP contribution in [0.15, 0.2) is 48.5 Å². The first-order valence-electron chi connectivity index (χ1n) is 9.70. The maximum absolute atomic E-state index is 12.9. The second-order valence-corrected chi connectivity index (χ2v) is 7.82. The SMILES string of the molecule is C[C@@H](C(=O)NNC(=O)c1ccc(F)cc1)[NH+]1CC[NH+](Cc2cccc(Cl)c2)CC1. The van der Waals surface area contributed by atoms with Crippen LogP contribution in [0.3, 0.4) is 0 Å². The zero-order valence-corrected chi connectivity index (χ0v) is 17.1. The maximum Gasteiger partial charge on any atom is 0.296 e. The van der Waals surface area contributed by atoms with E-state index in [1.54, 1.807) is 0 Å². The van der Waals surface area contributed by atoms with Gasteiger partial charge < -0.3 is 9.80 Å². The Labute approximate surface area is 174 Å². The Morgan fingerprint density at radius 2 is 1.76 bits per heavy atom. The number of piperazine rings is 1. The lowest BCUT2D eigenvalue weighted by Gasteiger charge is -2.32. The molecule has 1 atom stereocenters.